The first kappa shape index (κ1) is 16.7. The summed E-state index contributed by atoms with van der Waals surface area (Å²) in [5.74, 6) is 1.86. The number of nitrogens with one attached hydrogen (secondary N) is 1. The Bertz CT molecular complexity index is 863. The first-order chi connectivity index (χ1) is 12.8. The molecule has 2 atom stereocenters. The van der Waals surface area contributed by atoms with E-state index in [1.54, 1.807) is 5.56 Å². The Hall–Kier alpha value is -1.42. The highest BCUT2D eigenvalue weighted by atomic mass is 35.5. The Kier molecular flexibility index (Phi) is 4.48. The lowest BCUT2D eigenvalue weighted by atomic mass is 9.89. The molecule has 26 heavy (non-hydrogen) atoms. The number of piperidine rings is 1. The molecule has 0 spiro atoms. The lowest BCUT2D eigenvalue weighted by Crippen LogP contribution is -2.44. The van der Waals surface area contributed by atoms with Crippen molar-refractivity contribution in [2.24, 2.45) is 0 Å². The number of hydrogen-bond acceptors (Lipinski definition) is 3. The zero-order chi connectivity index (χ0) is 17.5. The maximum atomic E-state index is 6.12. The molecule has 2 nitrogen and oxygen atoms in total. The van der Waals surface area contributed by atoms with E-state index in [-0.39, 0.29) is 0 Å². The van der Waals surface area contributed by atoms with Gasteiger partial charge in [0.15, 0.2) is 0 Å². The highest BCUT2D eigenvalue weighted by Gasteiger charge is 2.41. The molecule has 4 heteroatoms. The van der Waals surface area contributed by atoms with Crippen LogP contribution in [0.25, 0.3) is 12.2 Å². The lowest BCUT2D eigenvalue weighted by molar-refractivity contribution is 0.403. The highest BCUT2D eigenvalue weighted by Crippen LogP contribution is 2.50. The normalized spacial score (nSPS) is 24.4. The van der Waals surface area contributed by atoms with Gasteiger partial charge in [-0.25, -0.2) is 0 Å². The monoisotopic (exact) mass is 382 g/mol. The summed E-state index contributed by atoms with van der Waals surface area (Å²) in [5, 5.41) is 4.40. The summed E-state index contributed by atoms with van der Waals surface area (Å²) in [6.45, 7) is 3.47. The Labute approximate surface area is 164 Å². The first-order valence-electron chi connectivity index (χ1n) is 9.51. The lowest BCUT2D eigenvalue weighted by Gasteiger charge is -2.33. The molecule has 0 unspecified atom stereocenters. The van der Waals surface area contributed by atoms with Crippen molar-refractivity contribution in [2.75, 3.05) is 30.3 Å². The quantitative estimate of drug-likeness (QED) is 0.712. The Morgan fingerprint density at radius 2 is 2.08 bits per heavy atom. The van der Waals surface area contributed by atoms with Gasteiger partial charge < -0.3 is 10.2 Å². The molecule has 0 saturated carbocycles. The van der Waals surface area contributed by atoms with E-state index in [0.717, 1.165) is 23.7 Å². The van der Waals surface area contributed by atoms with Gasteiger partial charge in [0, 0.05) is 35.0 Å². The van der Waals surface area contributed by atoms with E-state index in [0.29, 0.717) is 12.0 Å². The van der Waals surface area contributed by atoms with Crippen LogP contribution >= 0.6 is 23.4 Å². The maximum Gasteiger partial charge on any atom is 0.0544 e. The van der Waals surface area contributed by atoms with Crippen molar-refractivity contribution < 1.29 is 0 Å². The molecular formula is C22H23ClN2S. The van der Waals surface area contributed by atoms with E-state index in [2.05, 4.69) is 40.6 Å². The summed E-state index contributed by atoms with van der Waals surface area (Å²) >= 11 is 8.15. The van der Waals surface area contributed by atoms with Crippen molar-refractivity contribution in [3.63, 3.8) is 0 Å². The second-order valence-corrected chi connectivity index (χ2v) is 8.98. The average molecular weight is 383 g/mol. The summed E-state index contributed by atoms with van der Waals surface area (Å²) in [4.78, 5) is 4.20. The van der Waals surface area contributed by atoms with E-state index in [9.17, 15) is 0 Å². The third-order valence-electron chi connectivity index (χ3n) is 5.78. The van der Waals surface area contributed by atoms with Gasteiger partial charge in [-0.05, 0) is 66.1 Å². The summed E-state index contributed by atoms with van der Waals surface area (Å²) in [5.41, 5.74) is 5.54. The molecule has 0 aromatic heterocycles. The number of fused-ring (bicyclic) bond motifs is 3. The van der Waals surface area contributed by atoms with Gasteiger partial charge in [0.05, 0.1) is 5.69 Å². The smallest absolute Gasteiger partial charge is 0.0544 e. The van der Waals surface area contributed by atoms with E-state index in [4.69, 9.17) is 11.6 Å². The first-order valence-corrected chi connectivity index (χ1v) is 10.9. The van der Waals surface area contributed by atoms with Gasteiger partial charge in [0.2, 0.25) is 0 Å². The third kappa shape index (κ3) is 2.96. The largest absolute Gasteiger partial charge is 0.367 e. The molecular weight excluding hydrogens is 360 g/mol. The molecule has 1 fully saturated rings. The van der Waals surface area contributed by atoms with Gasteiger partial charge >= 0.3 is 0 Å². The number of anilines is 1. The van der Waals surface area contributed by atoms with Crippen molar-refractivity contribution in [3.8, 4) is 0 Å². The second kappa shape index (κ2) is 6.95. The maximum absolute atomic E-state index is 6.12. The van der Waals surface area contributed by atoms with Crippen molar-refractivity contribution in [3.05, 3.63) is 58.1 Å². The van der Waals surface area contributed by atoms with Gasteiger partial charge in [-0.1, -0.05) is 35.9 Å². The Morgan fingerprint density at radius 1 is 1.15 bits per heavy atom. The van der Waals surface area contributed by atoms with Crippen LogP contribution in [0.1, 0.15) is 35.4 Å². The number of thioether (sulfide) groups is 1. The number of hydrogen-bond donors (Lipinski definition) is 1. The molecule has 2 aromatic rings. The molecule has 3 heterocycles. The van der Waals surface area contributed by atoms with Crippen molar-refractivity contribution in [1.82, 2.24) is 5.32 Å². The van der Waals surface area contributed by atoms with Crippen molar-refractivity contribution in [1.29, 1.82) is 0 Å². The van der Waals surface area contributed by atoms with Crippen LogP contribution in [-0.4, -0.2) is 31.4 Å². The minimum Gasteiger partial charge on any atom is -0.367 e. The fraction of sp³-hybridized carbons (Fsp3) is 0.364. The molecule has 0 radical (unpaired) electrons. The van der Waals surface area contributed by atoms with Crippen LogP contribution in [0.15, 0.2) is 41.3 Å². The summed E-state index contributed by atoms with van der Waals surface area (Å²) in [6.07, 6.45) is 6.95. The Morgan fingerprint density at radius 3 is 3.00 bits per heavy atom. The van der Waals surface area contributed by atoms with Gasteiger partial charge in [-0.2, -0.15) is 0 Å². The van der Waals surface area contributed by atoms with Crippen LogP contribution in [0.5, 0.6) is 0 Å². The highest BCUT2D eigenvalue weighted by molar-refractivity contribution is 7.99. The van der Waals surface area contributed by atoms with Crippen LogP contribution in [-0.2, 0) is 0 Å². The molecule has 5 rings (SSSR count). The van der Waals surface area contributed by atoms with Crippen LogP contribution < -0.4 is 10.2 Å². The number of halogens is 1. The molecule has 0 amide bonds. The van der Waals surface area contributed by atoms with Crippen molar-refractivity contribution in [2.45, 2.75) is 29.7 Å². The van der Waals surface area contributed by atoms with Crippen LogP contribution in [0.3, 0.4) is 0 Å². The summed E-state index contributed by atoms with van der Waals surface area (Å²) < 4.78 is 0. The molecule has 1 N–H and O–H groups in total. The number of rotatable bonds is 2. The molecule has 134 valence electrons. The molecule has 1 saturated heterocycles. The molecule has 2 aromatic carbocycles. The van der Waals surface area contributed by atoms with E-state index in [1.807, 2.05) is 30.0 Å². The predicted octanol–water partition coefficient (Wildman–Crippen LogP) is 5.27. The summed E-state index contributed by atoms with van der Waals surface area (Å²) in [6, 6.07) is 13.5. The van der Waals surface area contributed by atoms with Crippen molar-refractivity contribution >= 4 is 41.2 Å². The third-order valence-corrected chi connectivity index (χ3v) is 7.13. The van der Waals surface area contributed by atoms with Crippen LogP contribution in [0.4, 0.5) is 5.69 Å². The van der Waals surface area contributed by atoms with E-state index < -0.39 is 0 Å². The fourth-order valence-electron chi connectivity index (χ4n) is 4.65. The number of benzene rings is 2. The standard InChI is InChI=1S/C22H23ClN2S/c23-17-4-1-3-15(11-17)5-6-16-12-18-19-14-24-8-7-20(19)25-9-2-10-26-21(13-16)22(18)25/h1,3-6,11-13,19-20,24H,2,7-10,14H2/t19-,20-/m0/s1. The minimum absolute atomic E-state index is 0.635. The zero-order valence-corrected chi connectivity index (χ0v) is 16.3. The predicted molar refractivity (Wildman–Crippen MR) is 114 cm³/mol. The van der Waals surface area contributed by atoms with Crippen LogP contribution in [0.2, 0.25) is 5.02 Å². The van der Waals surface area contributed by atoms with E-state index >= 15 is 0 Å². The Balaban J connectivity index is 1.55. The zero-order valence-electron chi connectivity index (χ0n) is 14.7. The SMILES string of the molecule is Clc1cccc(C=Cc2cc3c4c(c2)[C@@H]2CNCC[C@@H]2N4CCCS3)c1. The minimum atomic E-state index is 0.635. The molecule has 0 aliphatic carbocycles. The van der Waals surface area contributed by atoms with Gasteiger partial charge in [0.1, 0.15) is 0 Å². The van der Waals surface area contributed by atoms with E-state index in [1.165, 1.54) is 41.3 Å². The molecule has 3 aliphatic rings. The summed E-state index contributed by atoms with van der Waals surface area (Å²) in [7, 11) is 0. The fourth-order valence-corrected chi connectivity index (χ4v) is 5.93. The number of nitrogens with zero attached hydrogens (tertiary/aromatic N) is 1. The average Bonchev–Trinajstić information content (AvgIpc) is 2.82. The van der Waals surface area contributed by atoms with Gasteiger partial charge in [-0.3, -0.25) is 0 Å². The topological polar surface area (TPSA) is 15.3 Å². The van der Waals surface area contributed by atoms with Gasteiger partial charge in [0.25, 0.3) is 0 Å². The second-order valence-electron chi connectivity index (χ2n) is 7.41. The molecule has 0 bridgehead atoms. The van der Waals surface area contributed by atoms with Gasteiger partial charge in [-0.15, -0.1) is 11.8 Å². The molecule has 3 aliphatic heterocycles. The van der Waals surface area contributed by atoms with Crippen LogP contribution in [0, 0.1) is 0 Å².